The van der Waals surface area contributed by atoms with Crippen LogP contribution in [0.2, 0.25) is 0 Å². The number of hydrogen-bond acceptors (Lipinski definition) is 1. The monoisotopic (exact) mass is 224 g/mol. The maximum absolute atomic E-state index is 5.99. The molecule has 0 bridgehead atoms. The van der Waals surface area contributed by atoms with Crippen LogP contribution in [-0.4, -0.2) is 12.2 Å². The first-order valence-electron chi connectivity index (χ1n) is 7.11. The summed E-state index contributed by atoms with van der Waals surface area (Å²) in [5.74, 6) is 1.88. The molecule has 2 aliphatic rings. The fraction of sp³-hybridized carbons (Fsp3) is 1.00. The van der Waals surface area contributed by atoms with E-state index >= 15 is 0 Å². The molecule has 0 aromatic heterocycles. The second-order valence-electron chi connectivity index (χ2n) is 6.87. The average molecular weight is 224 g/mol. The van der Waals surface area contributed by atoms with Gasteiger partial charge < -0.3 is 4.74 Å². The van der Waals surface area contributed by atoms with Gasteiger partial charge in [0.15, 0.2) is 0 Å². The molecule has 0 aliphatic heterocycles. The fourth-order valence-electron chi connectivity index (χ4n) is 4.31. The normalized spacial score (nSPS) is 42.8. The van der Waals surface area contributed by atoms with Gasteiger partial charge in [-0.15, -0.1) is 0 Å². The minimum atomic E-state index is 0.184. The van der Waals surface area contributed by atoms with E-state index in [1.54, 1.807) is 0 Å². The van der Waals surface area contributed by atoms with E-state index in [9.17, 15) is 0 Å². The summed E-state index contributed by atoms with van der Waals surface area (Å²) in [6.07, 6.45) is 8.25. The van der Waals surface area contributed by atoms with Crippen LogP contribution in [0.25, 0.3) is 0 Å². The molecule has 0 aromatic carbocycles. The Bertz CT molecular complexity index is 246. The van der Waals surface area contributed by atoms with Crippen molar-refractivity contribution in [2.24, 2.45) is 17.3 Å². The van der Waals surface area contributed by atoms with Gasteiger partial charge in [0.2, 0.25) is 0 Å². The molecule has 2 unspecified atom stereocenters. The van der Waals surface area contributed by atoms with Crippen LogP contribution < -0.4 is 0 Å². The van der Waals surface area contributed by atoms with Crippen LogP contribution in [0.3, 0.4) is 0 Å². The Balaban J connectivity index is 2.05. The molecular weight excluding hydrogens is 196 g/mol. The summed E-state index contributed by atoms with van der Waals surface area (Å²) in [7, 11) is 0. The SMILES string of the molecule is CCO[C@@]1(C)CCC2C(CCCC2(C)C)C1. The van der Waals surface area contributed by atoms with Crippen molar-refractivity contribution in [3.05, 3.63) is 0 Å². The molecule has 0 heterocycles. The van der Waals surface area contributed by atoms with Crippen molar-refractivity contribution in [3.63, 3.8) is 0 Å². The zero-order chi connectivity index (χ0) is 11.8. The summed E-state index contributed by atoms with van der Waals surface area (Å²) in [6.45, 7) is 10.3. The highest BCUT2D eigenvalue weighted by atomic mass is 16.5. The van der Waals surface area contributed by atoms with Crippen LogP contribution in [0.1, 0.15) is 66.2 Å². The Labute approximate surface area is 101 Å². The smallest absolute Gasteiger partial charge is 0.0657 e. The van der Waals surface area contributed by atoms with E-state index < -0.39 is 0 Å². The molecule has 2 saturated carbocycles. The Morgan fingerprint density at radius 1 is 1.12 bits per heavy atom. The van der Waals surface area contributed by atoms with Gasteiger partial charge in [0, 0.05) is 6.61 Å². The quantitative estimate of drug-likeness (QED) is 0.675. The van der Waals surface area contributed by atoms with Crippen molar-refractivity contribution in [2.45, 2.75) is 71.8 Å². The minimum absolute atomic E-state index is 0.184. The highest BCUT2D eigenvalue weighted by Gasteiger charge is 2.45. The topological polar surface area (TPSA) is 9.23 Å². The van der Waals surface area contributed by atoms with Gasteiger partial charge in [0.25, 0.3) is 0 Å². The van der Waals surface area contributed by atoms with E-state index in [0.29, 0.717) is 5.41 Å². The minimum Gasteiger partial charge on any atom is -0.376 e. The van der Waals surface area contributed by atoms with Gasteiger partial charge in [-0.3, -0.25) is 0 Å². The first-order valence-corrected chi connectivity index (χ1v) is 7.11. The lowest BCUT2D eigenvalue weighted by molar-refractivity contribution is -0.104. The molecule has 2 fully saturated rings. The maximum Gasteiger partial charge on any atom is 0.0657 e. The van der Waals surface area contributed by atoms with Crippen LogP contribution in [0.5, 0.6) is 0 Å². The third-order valence-electron chi connectivity index (χ3n) is 5.14. The van der Waals surface area contributed by atoms with Crippen molar-refractivity contribution >= 4 is 0 Å². The molecule has 0 spiro atoms. The average Bonchev–Trinajstić information content (AvgIpc) is 2.16. The van der Waals surface area contributed by atoms with Gasteiger partial charge in [0.1, 0.15) is 0 Å². The molecule has 0 amide bonds. The van der Waals surface area contributed by atoms with E-state index in [1.165, 1.54) is 38.5 Å². The summed E-state index contributed by atoms with van der Waals surface area (Å²) in [6, 6.07) is 0. The van der Waals surface area contributed by atoms with Gasteiger partial charge in [-0.1, -0.05) is 26.7 Å². The summed E-state index contributed by atoms with van der Waals surface area (Å²) in [5.41, 5.74) is 0.764. The lowest BCUT2D eigenvalue weighted by atomic mass is 9.56. The third-order valence-corrected chi connectivity index (χ3v) is 5.14. The van der Waals surface area contributed by atoms with Gasteiger partial charge in [0.05, 0.1) is 5.60 Å². The van der Waals surface area contributed by atoms with Gasteiger partial charge in [-0.25, -0.2) is 0 Å². The second kappa shape index (κ2) is 4.33. The third kappa shape index (κ3) is 2.30. The van der Waals surface area contributed by atoms with Crippen molar-refractivity contribution < 1.29 is 4.74 Å². The standard InChI is InChI=1S/C15H28O/c1-5-16-15(4)10-8-13-12(11-15)7-6-9-14(13,2)3/h12-13H,5-11H2,1-4H3/t12?,13?,15-/m0/s1. The largest absolute Gasteiger partial charge is 0.376 e. The molecule has 2 aliphatic carbocycles. The van der Waals surface area contributed by atoms with E-state index in [2.05, 4.69) is 27.7 Å². The highest BCUT2D eigenvalue weighted by molar-refractivity contribution is 4.96. The molecular formula is C15H28O. The first-order chi connectivity index (χ1) is 7.47. The molecule has 0 N–H and O–H groups in total. The van der Waals surface area contributed by atoms with Gasteiger partial charge in [-0.05, 0) is 56.8 Å². The summed E-state index contributed by atoms with van der Waals surface area (Å²) in [4.78, 5) is 0. The molecule has 1 nitrogen and oxygen atoms in total. The number of ether oxygens (including phenoxy) is 1. The van der Waals surface area contributed by atoms with Crippen molar-refractivity contribution in [3.8, 4) is 0 Å². The van der Waals surface area contributed by atoms with Gasteiger partial charge >= 0.3 is 0 Å². The zero-order valence-corrected chi connectivity index (χ0v) is 11.5. The lowest BCUT2D eigenvalue weighted by Gasteiger charge is -2.51. The number of fused-ring (bicyclic) bond motifs is 1. The summed E-state index contributed by atoms with van der Waals surface area (Å²) >= 11 is 0. The fourth-order valence-corrected chi connectivity index (χ4v) is 4.31. The van der Waals surface area contributed by atoms with E-state index in [-0.39, 0.29) is 5.60 Å². The Morgan fingerprint density at radius 3 is 2.56 bits per heavy atom. The van der Waals surface area contributed by atoms with Crippen molar-refractivity contribution in [2.75, 3.05) is 6.61 Å². The molecule has 2 rings (SSSR count). The summed E-state index contributed by atoms with van der Waals surface area (Å²) in [5, 5.41) is 0. The molecule has 1 heteroatoms. The van der Waals surface area contributed by atoms with Crippen LogP contribution in [-0.2, 0) is 4.74 Å². The predicted octanol–water partition coefficient (Wildman–Crippen LogP) is 4.41. The summed E-state index contributed by atoms with van der Waals surface area (Å²) < 4.78 is 5.99. The first kappa shape index (κ1) is 12.4. The molecule has 3 atom stereocenters. The predicted molar refractivity (Wildman–Crippen MR) is 68.5 cm³/mol. The maximum atomic E-state index is 5.99. The number of hydrogen-bond donors (Lipinski definition) is 0. The molecule has 0 aromatic rings. The molecule has 0 saturated heterocycles. The zero-order valence-electron chi connectivity index (χ0n) is 11.5. The van der Waals surface area contributed by atoms with E-state index in [0.717, 1.165) is 18.4 Å². The molecule has 94 valence electrons. The van der Waals surface area contributed by atoms with Gasteiger partial charge in [-0.2, -0.15) is 0 Å². The highest BCUT2D eigenvalue weighted by Crippen LogP contribution is 2.53. The number of rotatable bonds is 2. The van der Waals surface area contributed by atoms with E-state index in [4.69, 9.17) is 4.74 Å². The molecule has 0 radical (unpaired) electrons. The van der Waals surface area contributed by atoms with Crippen LogP contribution >= 0.6 is 0 Å². The Kier molecular flexibility index (Phi) is 3.36. The Hall–Kier alpha value is -0.0400. The van der Waals surface area contributed by atoms with Crippen LogP contribution in [0.15, 0.2) is 0 Å². The van der Waals surface area contributed by atoms with Crippen molar-refractivity contribution in [1.29, 1.82) is 0 Å². The van der Waals surface area contributed by atoms with Crippen molar-refractivity contribution in [1.82, 2.24) is 0 Å². The van der Waals surface area contributed by atoms with Crippen LogP contribution in [0, 0.1) is 17.3 Å². The van der Waals surface area contributed by atoms with Crippen LogP contribution in [0.4, 0.5) is 0 Å². The Morgan fingerprint density at radius 2 is 1.88 bits per heavy atom. The lowest BCUT2D eigenvalue weighted by Crippen LogP contribution is -2.45. The van der Waals surface area contributed by atoms with E-state index in [1.807, 2.05) is 0 Å². The second-order valence-corrected chi connectivity index (χ2v) is 6.87. The molecule has 16 heavy (non-hydrogen) atoms.